The van der Waals surface area contributed by atoms with Gasteiger partial charge in [0.25, 0.3) is 0 Å². The normalized spacial score (nSPS) is 18.0. The number of aromatic nitrogens is 2. The highest BCUT2D eigenvalue weighted by Gasteiger charge is 2.26. The Morgan fingerprint density at radius 2 is 1.65 bits per heavy atom. The van der Waals surface area contributed by atoms with Crippen LogP contribution in [0.15, 0.2) is 47.6 Å². The predicted octanol–water partition coefficient (Wildman–Crippen LogP) is 3.84. The molecule has 1 N–H and O–H groups in total. The average molecular weight is 483 g/mol. The van der Waals surface area contributed by atoms with Gasteiger partial charge >= 0.3 is 0 Å². The van der Waals surface area contributed by atoms with E-state index in [9.17, 15) is 0 Å². The molecule has 2 fully saturated rings. The SMILES string of the molecule is Fc1cccc(N2CCOCC2)c1C1=Nc2c(Cl)cnn2-c2cc(N3CCOCC3)ccc2N1. The van der Waals surface area contributed by atoms with Gasteiger partial charge in [-0.15, -0.1) is 0 Å². The van der Waals surface area contributed by atoms with E-state index in [1.165, 1.54) is 6.07 Å². The van der Waals surface area contributed by atoms with Gasteiger partial charge in [-0.3, -0.25) is 0 Å². The molecule has 34 heavy (non-hydrogen) atoms. The molecule has 0 amide bonds. The first-order chi connectivity index (χ1) is 16.7. The molecule has 2 saturated heterocycles. The summed E-state index contributed by atoms with van der Waals surface area (Å²) < 4.78 is 28.0. The van der Waals surface area contributed by atoms with Crippen LogP contribution in [0.25, 0.3) is 5.69 Å². The number of rotatable bonds is 3. The molecular weight excluding hydrogens is 459 g/mol. The van der Waals surface area contributed by atoms with Crippen LogP contribution in [0.2, 0.25) is 5.02 Å². The van der Waals surface area contributed by atoms with E-state index in [-0.39, 0.29) is 5.82 Å². The zero-order valence-electron chi connectivity index (χ0n) is 18.5. The predicted molar refractivity (Wildman–Crippen MR) is 131 cm³/mol. The summed E-state index contributed by atoms with van der Waals surface area (Å²) >= 11 is 6.50. The molecular formula is C24H24ClFN6O2. The Balaban J connectivity index is 1.47. The van der Waals surface area contributed by atoms with E-state index in [0.29, 0.717) is 61.8 Å². The lowest BCUT2D eigenvalue weighted by Crippen LogP contribution is -2.37. The third-order valence-electron chi connectivity index (χ3n) is 6.34. The maximum Gasteiger partial charge on any atom is 0.176 e. The average Bonchev–Trinajstić information content (AvgIpc) is 3.15. The highest BCUT2D eigenvalue weighted by molar-refractivity contribution is 6.33. The van der Waals surface area contributed by atoms with Crippen LogP contribution in [0.5, 0.6) is 0 Å². The van der Waals surface area contributed by atoms with Gasteiger partial charge in [-0.1, -0.05) is 17.7 Å². The molecule has 0 spiro atoms. The van der Waals surface area contributed by atoms with Crippen LogP contribution in [0, 0.1) is 5.82 Å². The van der Waals surface area contributed by atoms with Crippen molar-refractivity contribution in [3.05, 3.63) is 59.0 Å². The molecule has 1 aromatic heterocycles. The molecule has 8 nitrogen and oxygen atoms in total. The molecule has 3 aliphatic rings. The number of hydrogen-bond donors (Lipinski definition) is 1. The number of hydrogen-bond acceptors (Lipinski definition) is 7. The van der Waals surface area contributed by atoms with Crippen LogP contribution in [0.4, 0.5) is 27.3 Å². The molecule has 0 bridgehead atoms. The summed E-state index contributed by atoms with van der Waals surface area (Å²) in [6.45, 7) is 5.59. The zero-order valence-corrected chi connectivity index (χ0v) is 19.3. The van der Waals surface area contributed by atoms with E-state index in [0.717, 1.165) is 35.8 Å². The fraction of sp³-hybridized carbons (Fsp3) is 0.333. The second-order valence-corrected chi connectivity index (χ2v) is 8.75. The van der Waals surface area contributed by atoms with Crippen molar-refractivity contribution in [3.63, 3.8) is 0 Å². The Morgan fingerprint density at radius 3 is 2.41 bits per heavy atom. The number of halogens is 2. The van der Waals surface area contributed by atoms with Crippen molar-refractivity contribution in [2.24, 2.45) is 4.99 Å². The topological polar surface area (TPSA) is 67.2 Å². The number of benzene rings is 2. The number of morpholine rings is 2. The van der Waals surface area contributed by atoms with Gasteiger partial charge in [0.1, 0.15) is 16.7 Å². The lowest BCUT2D eigenvalue weighted by Gasteiger charge is -2.31. The van der Waals surface area contributed by atoms with Gasteiger partial charge in [-0.25, -0.2) is 14.1 Å². The number of amidine groups is 1. The Morgan fingerprint density at radius 1 is 0.912 bits per heavy atom. The van der Waals surface area contributed by atoms with E-state index < -0.39 is 0 Å². The summed E-state index contributed by atoms with van der Waals surface area (Å²) in [5.74, 6) is 0.491. The highest BCUT2D eigenvalue weighted by atomic mass is 35.5. The van der Waals surface area contributed by atoms with Crippen molar-refractivity contribution in [1.29, 1.82) is 0 Å². The van der Waals surface area contributed by atoms with Gasteiger partial charge in [0, 0.05) is 31.9 Å². The number of nitrogens with zero attached hydrogens (tertiary/aromatic N) is 5. The van der Waals surface area contributed by atoms with Crippen molar-refractivity contribution in [2.75, 3.05) is 67.7 Å². The number of nitrogens with one attached hydrogen (secondary N) is 1. The van der Waals surface area contributed by atoms with Crippen LogP contribution in [0.1, 0.15) is 5.56 Å². The second kappa shape index (κ2) is 8.90. The first kappa shape index (κ1) is 21.4. The molecule has 4 heterocycles. The van der Waals surface area contributed by atoms with Crippen LogP contribution < -0.4 is 15.1 Å². The number of fused-ring (bicyclic) bond motifs is 3. The molecule has 0 unspecified atom stereocenters. The van der Waals surface area contributed by atoms with Gasteiger partial charge in [-0.05, 0) is 30.3 Å². The third-order valence-corrected chi connectivity index (χ3v) is 6.60. The minimum Gasteiger partial charge on any atom is -0.378 e. The van der Waals surface area contributed by atoms with Crippen molar-refractivity contribution in [3.8, 4) is 5.69 Å². The van der Waals surface area contributed by atoms with Gasteiger partial charge in [-0.2, -0.15) is 5.10 Å². The Kier molecular flexibility index (Phi) is 5.60. The number of aliphatic imine (C=N–C) groups is 1. The molecule has 6 rings (SSSR count). The molecule has 0 atom stereocenters. The number of ether oxygens (including phenoxy) is 2. The summed E-state index contributed by atoms with van der Waals surface area (Å²) in [7, 11) is 0. The monoisotopic (exact) mass is 482 g/mol. The van der Waals surface area contributed by atoms with Gasteiger partial charge < -0.3 is 24.6 Å². The largest absolute Gasteiger partial charge is 0.378 e. The van der Waals surface area contributed by atoms with Gasteiger partial charge in [0.2, 0.25) is 0 Å². The van der Waals surface area contributed by atoms with Crippen LogP contribution >= 0.6 is 11.6 Å². The lowest BCUT2D eigenvalue weighted by molar-refractivity contribution is 0.122. The molecule has 176 valence electrons. The Bertz CT molecular complexity index is 1250. The lowest BCUT2D eigenvalue weighted by atomic mass is 10.1. The minimum atomic E-state index is -0.356. The quantitative estimate of drug-likeness (QED) is 0.612. The molecule has 0 saturated carbocycles. The van der Waals surface area contributed by atoms with E-state index in [1.54, 1.807) is 16.9 Å². The van der Waals surface area contributed by atoms with Crippen LogP contribution in [-0.2, 0) is 9.47 Å². The van der Waals surface area contributed by atoms with Crippen LogP contribution in [-0.4, -0.2) is 68.2 Å². The van der Waals surface area contributed by atoms with E-state index in [2.05, 4.69) is 32.3 Å². The fourth-order valence-electron chi connectivity index (χ4n) is 4.61. The summed E-state index contributed by atoms with van der Waals surface area (Å²) in [5, 5.41) is 8.25. The Hall–Kier alpha value is -3.14. The summed E-state index contributed by atoms with van der Waals surface area (Å²) in [6.07, 6.45) is 1.57. The molecule has 3 aliphatic heterocycles. The van der Waals surface area contributed by atoms with E-state index >= 15 is 4.39 Å². The summed E-state index contributed by atoms with van der Waals surface area (Å²) in [6, 6.07) is 11.2. The summed E-state index contributed by atoms with van der Waals surface area (Å²) in [5.41, 5.74) is 3.80. The summed E-state index contributed by atoms with van der Waals surface area (Å²) in [4.78, 5) is 9.18. The van der Waals surface area contributed by atoms with Crippen molar-refractivity contribution < 1.29 is 13.9 Å². The van der Waals surface area contributed by atoms with Crippen molar-refractivity contribution in [2.45, 2.75) is 0 Å². The van der Waals surface area contributed by atoms with Crippen LogP contribution in [0.3, 0.4) is 0 Å². The van der Waals surface area contributed by atoms with E-state index in [4.69, 9.17) is 26.1 Å². The van der Waals surface area contributed by atoms with Crippen molar-refractivity contribution >= 4 is 40.3 Å². The maximum atomic E-state index is 15.4. The molecule has 10 heteroatoms. The van der Waals surface area contributed by atoms with E-state index in [1.807, 2.05) is 12.1 Å². The Labute approximate surface area is 201 Å². The molecule has 0 radical (unpaired) electrons. The first-order valence-electron chi connectivity index (χ1n) is 11.4. The zero-order chi connectivity index (χ0) is 23.1. The van der Waals surface area contributed by atoms with Gasteiger partial charge in [0.15, 0.2) is 5.82 Å². The molecule has 2 aromatic carbocycles. The number of anilines is 3. The third kappa shape index (κ3) is 3.79. The van der Waals surface area contributed by atoms with Gasteiger partial charge in [0.05, 0.1) is 55.2 Å². The molecule has 0 aliphatic carbocycles. The smallest absolute Gasteiger partial charge is 0.176 e. The standard InChI is InChI=1S/C24H24ClFN6O2/c25-17-15-27-32-21-14-16(30-6-10-33-11-7-30)4-5-19(21)28-23(29-24(17)32)22-18(26)2-1-3-20(22)31-8-12-34-13-9-31/h1-5,14-15H,6-13H2,(H,28,29). The van der Waals surface area contributed by atoms with Crippen molar-refractivity contribution in [1.82, 2.24) is 9.78 Å². The first-order valence-corrected chi connectivity index (χ1v) is 11.7. The second-order valence-electron chi connectivity index (χ2n) is 8.35. The highest BCUT2D eigenvalue weighted by Crippen LogP contribution is 2.38. The minimum absolute atomic E-state index is 0.356. The maximum absolute atomic E-state index is 15.4. The fourth-order valence-corrected chi connectivity index (χ4v) is 4.78. The molecule has 3 aromatic rings.